The van der Waals surface area contributed by atoms with E-state index in [2.05, 4.69) is 324 Å². The summed E-state index contributed by atoms with van der Waals surface area (Å²) in [7, 11) is 2.15. The maximum Gasteiger partial charge on any atom is 0.425 e. The number of aromatic nitrogens is 7. The van der Waals surface area contributed by atoms with Gasteiger partial charge in [0.15, 0.2) is 59.4 Å². The van der Waals surface area contributed by atoms with Crippen molar-refractivity contribution in [3.63, 3.8) is 0 Å². The largest absolute Gasteiger partial charge is 0.463 e. The topological polar surface area (TPSA) is 69.0 Å². The smallest absolute Gasteiger partial charge is 0.425 e. The number of nitrogens with zero attached hydrogens (tertiary/aromatic N) is 7. The molecule has 0 bridgehead atoms. The minimum atomic E-state index is -0.568. The van der Waals surface area contributed by atoms with Crippen LogP contribution < -0.4 is 41.6 Å². The number of fused-ring (bicyclic) bond motifs is 18. The number of hydrogen-bond donors (Lipinski definition) is 0. The van der Waals surface area contributed by atoms with Gasteiger partial charge in [-0.25, -0.2) is 4.57 Å². The van der Waals surface area contributed by atoms with Crippen LogP contribution in [0.5, 0.6) is 34.5 Å². The van der Waals surface area contributed by atoms with Crippen molar-refractivity contribution in [3.05, 3.63) is 325 Å². The van der Waals surface area contributed by atoms with Crippen molar-refractivity contribution in [2.75, 3.05) is 0 Å². The summed E-state index contributed by atoms with van der Waals surface area (Å²) in [5.41, 5.74) is 15.7. The molecule has 33 rings (SSSR count). The van der Waals surface area contributed by atoms with Crippen molar-refractivity contribution in [3.8, 4) is 34.5 Å². The van der Waals surface area contributed by atoms with Crippen LogP contribution in [0.1, 0.15) is 33.4 Å². The Morgan fingerprint density at radius 2 is 0.643 bits per heavy atom. The molecule has 18 heterocycles. The normalized spacial score (nSPS) is 18.0. The number of pyridine rings is 6. The molecule has 0 amide bonds. The van der Waals surface area contributed by atoms with Gasteiger partial charge in [-0.2, -0.15) is 4.57 Å². The highest BCUT2D eigenvalue weighted by Gasteiger charge is 2.72. The van der Waals surface area contributed by atoms with E-state index in [0.29, 0.717) is 0 Å². The molecule has 9 aliphatic rings. The van der Waals surface area contributed by atoms with Gasteiger partial charge < -0.3 is 18.6 Å². The molecule has 12 heteroatoms. The quantitative estimate of drug-likeness (QED) is 0.112. The van der Waals surface area contributed by atoms with Gasteiger partial charge in [0, 0.05) is 68.8 Å². The fourth-order valence-electron chi connectivity index (χ4n) is 24.2. The van der Waals surface area contributed by atoms with Crippen molar-refractivity contribution in [2.45, 2.75) is 17.0 Å². The molecule has 510 valence electrons. The van der Waals surface area contributed by atoms with Crippen LogP contribution in [0.2, 0.25) is 0 Å². The second-order valence-electron chi connectivity index (χ2n) is 32.0. The van der Waals surface area contributed by atoms with Gasteiger partial charge in [0.05, 0.1) is 76.4 Å². The molecular formula is C100H51N7O4S+6. The van der Waals surface area contributed by atoms with Gasteiger partial charge in [-0.1, -0.05) is 72.8 Å². The van der Waals surface area contributed by atoms with Gasteiger partial charge in [0.25, 0.3) is 0 Å². The van der Waals surface area contributed by atoms with Crippen molar-refractivity contribution >= 4 is 206 Å². The highest BCUT2D eigenvalue weighted by Crippen LogP contribution is 2.65. The number of benzene rings is 15. The van der Waals surface area contributed by atoms with E-state index in [4.69, 9.17) is 18.6 Å². The van der Waals surface area contributed by atoms with Crippen LogP contribution in [0.4, 0.5) is 0 Å². The molecule has 3 spiro atoms. The zero-order chi connectivity index (χ0) is 71.7. The Balaban J connectivity index is 0.0000000844. The summed E-state index contributed by atoms with van der Waals surface area (Å²) in [6, 6.07) is 86.5. The Kier molecular flexibility index (Phi) is 8.96. The van der Waals surface area contributed by atoms with E-state index in [1.807, 2.05) is 11.3 Å². The van der Waals surface area contributed by atoms with Gasteiger partial charge >= 0.3 is 17.0 Å². The van der Waals surface area contributed by atoms with Gasteiger partial charge in [0.1, 0.15) is 58.3 Å². The molecule has 0 aliphatic carbocycles. The van der Waals surface area contributed by atoms with Crippen LogP contribution in [0, 0.1) is 0 Å². The average molecular weight is 1450 g/mol. The van der Waals surface area contributed by atoms with E-state index < -0.39 is 17.0 Å². The number of aryl methyl sites for hydroxylation is 1. The molecule has 24 aromatic rings. The van der Waals surface area contributed by atoms with Crippen molar-refractivity contribution < 1.29 is 46.0 Å². The fourth-order valence-corrected chi connectivity index (χ4v) is 25.2. The lowest BCUT2D eigenvalue weighted by Gasteiger charge is -2.32. The highest BCUT2D eigenvalue weighted by molar-refractivity contribution is 7.18. The first-order chi connectivity index (χ1) is 55.5. The third-order valence-electron chi connectivity index (χ3n) is 27.8. The van der Waals surface area contributed by atoms with Crippen LogP contribution in [0.25, 0.3) is 194 Å². The molecule has 15 aromatic carbocycles. The summed E-state index contributed by atoms with van der Waals surface area (Å²) < 4.78 is 45.2. The minimum Gasteiger partial charge on any atom is -0.463 e. The predicted octanol–water partition coefficient (Wildman–Crippen LogP) is 20.6. The highest BCUT2D eigenvalue weighted by atomic mass is 32.1. The molecule has 0 saturated carbocycles. The van der Waals surface area contributed by atoms with Gasteiger partial charge in [-0.05, 0) is 192 Å². The van der Waals surface area contributed by atoms with E-state index in [-0.39, 0.29) is 0 Å². The summed E-state index contributed by atoms with van der Waals surface area (Å²) in [5.74, 6) is 5.67. The van der Waals surface area contributed by atoms with E-state index >= 15 is 0 Å². The molecule has 112 heavy (non-hydrogen) atoms. The second kappa shape index (κ2) is 18.0. The summed E-state index contributed by atoms with van der Waals surface area (Å²) in [6.45, 7) is 0. The Hall–Kier alpha value is -14.5. The zero-order valence-corrected chi connectivity index (χ0v) is 60.2. The van der Waals surface area contributed by atoms with Gasteiger partial charge in [-0.3, -0.25) is 4.57 Å². The Bertz CT molecular complexity index is 8720. The summed E-state index contributed by atoms with van der Waals surface area (Å²) in [4.78, 5) is 0. The molecule has 3 unspecified atom stereocenters. The second-order valence-corrected chi connectivity index (χ2v) is 32.9. The first-order valence-electron chi connectivity index (χ1n) is 38.6. The number of ether oxygens (including phenoxy) is 3. The number of furan rings is 1. The first-order valence-corrected chi connectivity index (χ1v) is 39.4. The molecule has 9 aliphatic heterocycles. The Morgan fingerprint density at radius 3 is 1.15 bits per heavy atom. The third-order valence-corrected chi connectivity index (χ3v) is 28.7. The molecule has 0 N–H and O–H groups in total. The van der Waals surface area contributed by atoms with E-state index in [9.17, 15) is 0 Å². The Morgan fingerprint density at radius 1 is 0.277 bits per heavy atom. The van der Waals surface area contributed by atoms with Crippen molar-refractivity contribution in [1.82, 2.24) is 4.57 Å². The molecule has 9 aromatic heterocycles. The maximum atomic E-state index is 6.80. The summed E-state index contributed by atoms with van der Waals surface area (Å²) >= 11 is 1.84. The summed E-state index contributed by atoms with van der Waals surface area (Å²) in [6.07, 6.45) is 17.6. The lowest BCUT2D eigenvalue weighted by Crippen LogP contribution is -2.72. The monoisotopic (exact) mass is 1450 g/mol. The van der Waals surface area contributed by atoms with Crippen LogP contribution in [-0.2, 0) is 24.0 Å². The fraction of sp³-hybridized carbons (Fsp3) is 0.0400. The van der Waals surface area contributed by atoms with Crippen LogP contribution >= 0.6 is 11.3 Å². The minimum absolute atomic E-state index is 0.521. The van der Waals surface area contributed by atoms with E-state index in [0.717, 1.165) is 50.9 Å². The molecule has 3 atom stereocenters. The van der Waals surface area contributed by atoms with Crippen LogP contribution in [0.15, 0.2) is 296 Å². The van der Waals surface area contributed by atoms with Gasteiger partial charge in [0.2, 0.25) is 33.1 Å². The predicted molar refractivity (Wildman–Crippen MR) is 439 cm³/mol. The lowest BCUT2D eigenvalue weighted by molar-refractivity contribution is -0.945. The third kappa shape index (κ3) is 5.51. The van der Waals surface area contributed by atoms with Crippen LogP contribution in [-0.4, -0.2) is 4.57 Å². The van der Waals surface area contributed by atoms with E-state index in [1.54, 1.807) is 6.26 Å². The standard InChI is InChI=1S/C34H19N3O.C33H16N2O2.C33H16N2OS/c1-35-17-14-23-21-11-13-26-30-28(21)33-24(31(23)35)9-5-16-37(33)34(30)29-25(38-26)12-10-20-18-6-2-3-7-19(18)22-8-4-15-36(34)32(22)27(20)29;1-2-6-18-17(5-1)19-9-11-24-28-26(19)30-21(18)7-3-14-34(30)33(28)29-25(37-24)12-10-20-22-13-16-36-32(22)23-8-4-15-35(33)31(23)27(20)29;1-2-6-18-17(5-1)19-9-11-24-28-26(19)30-21(18)7-3-14-34(30)33(28)29-25(36-24)12-10-20-22-13-16-37-32(22)23-8-4-15-35(33)31(23)27(20)29/h2-17H,1H3;2*1-16H/q3*+2. The summed E-state index contributed by atoms with van der Waals surface area (Å²) in [5, 5.41) is 36.8. The molecule has 11 nitrogen and oxygen atoms in total. The Labute approximate surface area is 635 Å². The number of rotatable bonds is 0. The maximum absolute atomic E-state index is 6.80. The lowest BCUT2D eigenvalue weighted by atomic mass is 9.85. The molecular weight excluding hydrogens is 1400 g/mol. The molecule has 0 saturated heterocycles. The number of thiophene rings is 1. The SMILES string of the molecule is C[n+]1ccc2c3ccc4c5c3c3c(cccn3C53c5c(ccc6c7ccccc7c7ccc[n+]3c7c56)O4)c21.c1ccc2c(c1)c1ccc3c4c1c1c2ccc[n+]1C41c2c(ccc4c5ccoc5c5ccc[n+]1c5c24)O3.c1ccc2c(c1)c1ccc3c4c1c1c2ccc[n+]1C41c2c(ccc4c5ccsc5c5ccc[n+]1c5c24)O3. The molecule has 0 radical (unpaired) electrons. The van der Waals surface area contributed by atoms with Crippen molar-refractivity contribution in [1.29, 1.82) is 0 Å². The average Bonchev–Trinajstić information content (AvgIpc) is 1.48. The van der Waals surface area contributed by atoms with E-state index in [1.165, 1.54) is 211 Å². The zero-order valence-electron chi connectivity index (χ0n) is 59.4. The first kappa shape index (κ1) is 55.9. The number of hydrogen-bond acceptors (Lipinski definition) is 5. The van der Waals surface area contributed by atoms with Crippen LogP contribution in [0.3, 0.4) is 0 Å². The van der Waals surface area contributed by atoms with Gasteiger partial charge in [-0.15, -0.1) is 29.6 Å². The van der Waals surface area contributed by atoms with Crippen molar-refractivity contribution in [2.24, 2.45) is 7.05 Å². The molecule has 0 fully saturated rings.